The molecule has 1 amide bonds. The van der Waals surface area contributed by atoms with Crippen LogP contribution in [0.2, 0.25) is 5.02 Å². The first-order chi connectivity index (χ1) is 10.0. The Labute approximate surface area is 135 Å². The minimum atomic E-state index is -0.386. The highest BCUT2D eigenvalue weighted by molar-refractivity contribution is 9.10. The molecule has 106 valence electrons. The maximum absolute atomic E-state index is 11.9. The molecule has 3 nitrogen and oxygen atoms in total. The first-order valence-corrected chi connectivity index (χ1v) is 7.26. The fourth-order valence-corrected chi connectivity index (χ4v) is 2.07. The number of ketones is 1. The van der Waals surface area contributed by atoms with Gasteiger partial charge >= 0.3 is 0 Å². The van der Waals surface area contributed by atoms with Gasteiger partial charge in [0, 0.05) is 26.8 Å². The molecule has 0 aromatic heterocycles. The Morgan fingerprint density at radius 2 is 1.76 bits per heavy atom. The van der Waals surface area contributed by atoms with Crippen LogP contribution in [0.5, 0.6) is 0 Å². The maximum atomic E-state index is 11.9. The molecule has 1 N–H and O–H groups in total. The van der Waals surface area contributed by atoms with E-state index in [1.54, 1.807) is 48.5 Å². The summed E-state index contributed by atoms with van der Waals surface area (Å²) in [5.74, 6) is -0.619. The minimum Gasteiger partial charge on any atom is -0.322 e. The molecule has 0 bridgehead atoms. The Kier molecular flexibility index (Phi) is 5.31. The summed E-state index contributed by atoms with van der Waals surface area (Å²) in [6.45, 7) is 0. The van der Waals surface area contributed by atoms with Crippen molar-refractivity contribution < 1.29 is 9.59 Å². The number of anilines is 1. The lowest BCUT2D eigenvalue weighted by Crippen LogP contribution is -2.08. The van der Waals surface area contributed by atoms with Crippen molar-refractivity contribution in [3.63, 3.8) is 0 Å². The molecule has 0 aliphatic carbocycles. The van der Waals surface area contributed by atoms with Crippen molar-refractivity contribution in [1.29, 1.82) is 0 Å². The number of carbonyl (C=O) groups excluding carboxylic acids is 2. The van der Waals surface area contributed by atoms with E-state index in [2.05, 4.69) is 21.2 Å². The van der Waals surface area contributed by atoms with Crippen LogP contribution in [0, 0.1) is 0 Å². The van der Waals surface area contributed by atoms with E-state index in [1.807, 2.05) is 0 Å². The number of hydrogen-bond donors (Lipinski definition) is 1. The molecule has 0 radical (unpaired) electrons. The van der Waals surface area contributed by atoms with E-state index >= 15 is 0 Å². The molecule has 2 rings (SSSR count). The second-order valence-electron chi connectivity index (χ2n) is 4.20. The van der Waals surface area contributed by atoms with Crippen molar-refractivity contribution in [3.8, 4) is 0 Å². The largest absolute Gasteiger partial charge is 0.322 e. The maximum Gasteiger partial charge on any atom is 0.248 e. The van der Waals surface area contributed by atoms with E-state index in [4.69, 9.17) is 11.6 Å². The Morgan fingerprint density at radius 3 is 2.43 bits per heavy atom. The highest BCUT2D eigenvalue weighted by Crippen LogP contribution is 2.15. The zero-order chi connectivity index (χ0) is 15.2. The second-order valence-corrected chi connectivity index (χ2v) is 5.56. The van der Waals surface area contributed by atoms with E-state index in [-0.39, 0.29) is 11.7 Å². The van der Waals surface area contributed by atoms with E-state index in [0.29, 0.717) is 16.3 Å². The fourth-order valence-electron chi connectivity index (χ4n) is 1.61. The van der Waals surface area contributed by atoms with Crippen molar-refractivity contribution in [2.75, 3.05) is 5.32 Å². The fraction of sp³-hybridized carbons (Fsp3) is 0. The standard InChI is InChI=1S/C16H11BrClNO2/c17-12-6-4-11(5-7-12)15(20)8-9-16(21)19-14-3-1-2-13(18)10-14/h1-10H,(H,19,21)/b9-8+. The van der Waals surface area contributed by atoms with Gasteiger partial charge in [0.25, 0.3) is 0 Å². The molecule has 0 saturated carbocycles. The molecule has 0 heterocycles. The molecule has 0 unspecified atom stereocenters. The Morgan fingerprint density at radius 1 is 1.05 bits per heavy atom. The van der Waals surface area contributed by atoms with Gasteiger partial charge in [0.05, 0.1) is 0 Å². The summed E-state index contributed by atoms with van der Waals surface area (Å²) in [6.07, 6.45) is 2.44. The van der Waals surface area contributed by atoms with E-state index in [1.165, 1.54) is 12.2 Å². The van der Waals surface area contributed by atoms with Crippen LogP contribution in [-0.2, 0) is 4.79 Å². The molecule has 21 heavy (non-hydrogen) atoms. The molecular weight excluding hydrogens is 354 g/mol. The third-order valence-electron chi connectivity index (χ3n) is 2.61. The average molecular weight is 365 g/mol. The minimum absolute atomic E-state index is 0.233. The number of benzene rings is 2. The molecule has 2 aromatic carbocycles. The molecule has 5 heteroatoms. The van der Waals surface area contributed by atoms with Gasteiger partial charge in [-0.25, -0.2) is 0 Å². The van der Waals surface area contributed by atoms with Crippen molar-refractivity contribution in [2.45, 2.75) is 0 Å². The van der Waals surface area contributed by atoms with Crippen molar-refractivity contribution in [3.05, 3.63) is 75.7 Å². The highest BCUT2D eigenvalue weighted by atomic mass is 79.9. The number of halogens is 2. The van der Waals surface area contributed by atoms with Gasteiger partial charge in [0.2, 0.25) is 5.91 Å². The number of hydrogen-bond acceptors (Lipinski definition) is 2. The monoisotopic (exact) mass is 363 g/mol. The van der Waals surface area contributed by atoms with Gasteiger partial charge in [-0.3, -0.25) is 9.59 Å². The molecule has 0 spiro atoms. The second kappa shape index (κ2) is 7.20. The Bertz CT molecular complexity index is 696. The quantitative estimate of drug-likeness (QED) is 0.642. The van der Waals surface area contributed by atoms with Crippen LogP contribution >= 0.6 is 27.5 Å². The average Bonchev–Trinajstić information content (AvgIpc) is 2.45. The zero-order valence-electron chi connectivity index (χ0n) is 10.8. The SMILES string of the molecule is O=C(/C=C/C(=O)c1ccc(Br)cc1)Nc1cccc(Cl)c1. The number of nitrogens with one attached hydrogen (secondary N) is 1. The lowest BCUT2D eigenvalue weighted by Gasteiger charge is -2.02. The predicted octanol–water partition coefficient (Wildman–Crippen LogP) is 4.48. The van der Waals surface area contributed by atoms with Gasteiger partial charge in [-0.15, -0.1) is 0 Å². The summed E-state index contributed by atoms with van der Waals surface area (Å²) in [5.41, 5.74) is 1.10. The van der Waals surface area contributed by atoms with Crippen LogP contribution in [0.3, 0.4) is 0 Å². The molecule has 0 atom stereocenters. The van der Waals surface area contributed by atoms with Crippen LogP contribution in [0.1, 0.15) is 10.4 Å². The summed E-state index contributed by atoms with van der Waals surface area (Å²) in [6, 6.07) is 13.7. The predicted molar refractivity (Wildman–Crippen MR) is 87.7 cm³/mol. The normalized spacial score (nSPS) is 10.6. The van der Waals surface area contributed by atoms with Crippen LogP contribution in [-0.4, -0.2) is 11.7 Å². The third kappa shape index (κ3) is 4.85. The number of allylic oxidation sites excluding steroid dienone is 1. The van der Waals surface area contributed by atoms with Gasteiger partial charge < -0.3 is 5.32 Å². The van der Waals surface area contributed by atoms with Crippen LogP contribution in [0.25, 0.3) is 0 Å². The molecule has 0 saturated heterocycles. The van der Waals surface area contributed by atoms with Crippen molar-refractivity contribution in [2.24, 2.45) is 0 Å². The topological polar surface area (TPSA) is 46.2 Å². The molecule has 0 aliphatic rings. The third-order valence-corrected chi connectivity index (χ3v) is 3.37. The van der Waals surface area contributed by atoms with E-state index in [0.717, 1.165) is 4.47 Å². The molecule has 0 fully saturated rings. The first kappa shape index (κ1) is 15.5. The summed E-state index contributed by atoms with van der Waals surface area (Å²) in [5, 5.41) is 3.16. The highest BCUT2D eigenvalue weighted by Gasteiger charge is 2.03. The molecule has 2 aromatic rings. The van der Waals surface area contributed by atoms with Crippen LogP contribution in [0.15, 0.2) is 65.2 Å². The summed E-state index contributed by atoms with van der Waals surface area (Å²) < 4.78 is 0.890. The summed E-state index contributed by atoms with van der Waals surface area (Å²) in [7, 11) is 0. The van der Waals surface area contributed by atoms with Crippen molar-refractivity contribution >= 4 is 44.9 Å². The lowest BCUT2D eigenvalue weighted by atomic mass is 10.1. The first-order valence-electron chi connectivity index (χ1n) is 6.09. The van der Waals surface area contributed by atoms with Crippen molar-refractivity contribution in [1.82, 2.24) is 0 Å². The van der Waals surface area contributed by atoms with Crippen LogP contribution in [0.4, 0.5) is 5.69 Å². The van der Waals surface area contributed by atoms with Gasteiger partial charge in [-0.1, -0.05) is 33.6 Å². The Hall–Kier alpha value is -1.91. The zero-order valence-corrected chi connectivity index (χ0v) is 13.2. The van der Waals surface area contributed by atoms with Gasteiger partial charge in [0.15, 0.2) is 5.78 Å². The summed E-state index contributed by atoms with van der Waals surface area (Å²) in [4.78, 5) is 23.6. The van der Waals surface area contributed by atoms with Gasteiger partial charge in [-0.2, -0.15) is 0 Å². The number of amides is 1. The van der Waals surface area contributed by atoms with Gasteiger partial charge in [-0.05, 0) is 48.5 Å². The van der Waals surface area contributed by atoms with E-state index < -0.39 is 0 Å². The molecule has 0 aliphatic heterocycles. The smallest absolute Gasteiger partial charge is 0.248 e. The number of rotatable bonds is 4. The van der Waals surface area contributed by atoms with E-state index in [9.17, 15) is 9.59 Å². The van der Waals surface area contributed by atoms with Gasteiger partial charge in [0.1, 0.15) is 0 Å². The lowest BCUT2D eigenvalue weighted by molar-refractivity contribution is -0.111. The Balaban J connectivity index is 1.98. The number of carbonyl (C=O) groups is 2. The molecular formula is C16H11BrClNO2. The summed E-state index contributed by atoms with van der Waals surface area (Å²) >= 11 is 9.12. The van der Waals surface area contributed by atoms with Crippen LogP contribution < -0.4 is 5.32 Å².